The van der Waals surface area contributed by atoms with Crippen LogP contribution in [-0.4, -0.2) is 37.2 Å². The zero-order valence-electron chi connectivity index (χ0n) is 17.3. The molecule has 2 aromatic heterocycles. The molecule has 0 aliphatic heterocycles. The molecule has 1 aromatic carbocycles. The van der Waals surface area contributed by atoms with Crippen molar-refractivity contribution in [1.82, 2.24) is 4.98 Å². The summed E-state index contributed by atoms with van der Waals surface area (Å²) in [7, 11) is -1.10. The van der Waals surface area contributed by atoms with Crippen LogP contribution in [0.25, 0.3) is 21.7 Å². The molecule has 1 fully saturated rings. The number of rotatable bonds is 6. The highest BCUT2D eigenvalue weighted by molar-refractivity contribution is 7.99. The summed E-state index contributed by atoms with van der Waals surface area (Å²) in [6, 6.07) is 18.2. The molecule has 2 heterocycles. The number of hydrogen-bond acceptors (Lipinski definition) is 6. The van der Waals surface area contributed by atoms with Crippen LogP contribution in [-0.2, 0) is 10.8 Å². The first-order valence-corrected chi connectivity index (χ1v) is 13.7. The molecule has 0 spiro atoms. The Kier molecular flexibility index (Phi) is 6.92. The van der Waals surface area contributed by atoms with E-state index in [1.165, 1.54) is 11.8 Å². The van der Waals surface area contributed by atoms with E-state index in [0.29, 0.717) is 22.8 Å². The van der Waals surface area contributed by atoms with Gasteiger partial charge in [-0.2, -0.15) is 5.26 Å². The fourth-order valence-electron chi connectivity index (χ4n) is 4.15. The summed E-state index contributed by atoms with van der Waals surface area (Å²) in [6.07, 6.45) is 4.99. The van der Waals surface area contributed by atoms with E-state index in [0.717, 1.165) is 41.0 Å². The van der Waals surface area contributed by atoms with E-state index < -0.39 is 16.4 Å². The van der Waals surface area contributed by atoms with Crippen LogP contribution in [0.5, 0.6) is 0 Å². The maximum Gasteiger partial charge on any atom is 0.115 e. The number of pyridine rings is 1. The third-order valence-electron chi connectivity index (χ3n) is 5.74. The van der Waals surface area contributed by atoms with Gasteiger partial charge >= 0.3 is 0 Å². The number of benzene rings is 1. The summed E-state index contributed by atoms with van der Waals surface area (Å²) in [5.74, 6) is 0.376. The SMILES string of the molecule is C[S@@](=O)[C@H]1CCCC[C@]1(O)CSc1nc(-c2cccs2)cc(-c2ccccc2)c1C#N. The lowest BCUT2D eigenvalue weighted by Crippen LogP contribution is -2.49. The van der Waals surface area contributed by atoms with Gasteiger partial charge in [0.25, 0.3) is 0 Å². The molecule has 3 aromatic rings. The highest BCUT2D eigenvalue weighted by Gasteiger charge is 2.41. The largest absolute Gasteiger partial charge is 0.388 e. The quantitative estimate of drug-likeness (QED) is 0.484. The Morgan fingerprint density at radius 3 is 2.77 bits per heavy atom. The van der Waals surface area contributed by atoms with Gasteiger partial charge in [-0.3, -0.25) is 4.21 Å². The zero-order chi connectivity index (χ0) is 21.8. The molecule has 0 saturated heterocycles. The summed E-state index contributed by atoms with van der Waals surface area (Å²) < 4.78 is 12.3. The molecular formula is C24H24N2O2S3. The molecule has 31 heavy (non-hydrogen) atoms. The zero-order valence-corrected chi connectivity index (χ0v) is 19.7. The molecule has 4 rings (SSSR count). The van der Waals surface area contributed by atoms with Crippen LogP contribution in [0, 0.1) is 11.3 Å². The molecule has 160 valence electrons. The highest BCUT2D eigenvalue weighted by atomic mass is 32.2. The van der Waals surface area contributed by atoms with Gasteiger partial charge in [-0.25, -0.2) is 4.98 Å². The van der Waals surface area contributed by atoms with Gasteiger partial charge in [-0.05, 0) is 35.9 Å². The molecule has 1 N–H and O–H groups in total. The number of nitrogens with zero attached hydrogens (tertiary/aromatic N) is 2. The van der Waals surface area contributed by atoms with Gasteiger partial charge in [0.15, 0.2) is 0 Å². The van der Waals surface area contributed by atoms with Crippen LogP contribution >= 0.6 is 23.1 Å². The van der Waals surface area contributed by atoms with Crippen molar-refractivity contribution in [3.63, 3.8) is 0 Å². The van der Waals surface area contributed by atoms with Crippen molar-refractivity contribution in [3.8, 4) is 27.8 Å². The molecular weight excluding hydrogens is 444 g/mol. The molecule has 4 nitrogen and oxygen atoms in total. The summed E-state index contributed by atoms with van der Waals surface area (Å²) in [5, 5.41) is 23.7. The molecule has 0 unspecified atom stereocenters. The smallest absolute Gasteiger partial charge is 0.115 e. The van der Waals surface area contributed by atoms with E-state index in [1.807, 2.05) is 53.9 Å². The van der Waals surface area contributed by atoms with Crippen molar-refractivity contribution >= 4 is 33.9 Å². The second kappa shape index (κ2) is 9.66. The molecule has 1 aliphatic carbocycles. The average molecular weight is 469 g/mol. The van der Waals surface area contributed by atoms with E-state index in [2.05, 4.69) is 6.07 Å². The van der Waals surface area contributed by atoms with E-state index in [9.17, 15) is 14.6 Å². The molecule has 1 aliphatic rings. The summed E-state index contributed by atoms with van der Waals surface area (Å²) >= 11 is 3.01. The second-order valence-corrected chi connectivity index (χ2v) is 11.3. The Balaban J connectivity index is 1.75. The number of hydrogen-bond donors (Lipinski definition) is 1. The van der Waals surface area contributed by atoms with Gasteiger partial charge in [0, 0.05) is 28.4 Å². The molecule has 1 saturated carbocycles. The van der Waals surface area contributed by atoms with Gasteiger partial charge in [0.1, 0.15) is 11.1 Å². The molecule has 0 amide bonds. The van der Waals surface area contributed by atoms with Crippen molar-refractivity contribution in [2.45, 2.75) is 41.6 Å². The molecule has 3 atom stereocenters. The number of nitriles is 1. The number of thioether (sulfide) groups is 1. The van der Waals surface area contributed by atoms with Gasteiger partial charge in [-0.1, -0.05) is 49.2 Å². The third kappa shape index (κ3) is 4.78. The van der Waals surface area contributed by atoms with Crippen LogP contribution in [0.1, 0.15) is 31.2 Å². The first kappa shape index (κ1) is 22.2. The number of thiophene rings is 1. The maximum absolute atomic E-state index is 12.3. The minimum atomic E-state index is -1.10. The first-order chi connectivity index (χ1) is 15.0. The molecule has 0 bridgehead atoms. The van der Waals surface area contributed by atoms with Crippen LogP contribution < -0.4 is 0 Å². The van der Waals surface area contributed by atoms with E-state index in [4.69, 9.17) is 4.98 Å². The minimum Gasteiger partial charge on any atom is -0.388 e. The average Bonchev–Trinajstić information content (AvgIpc) is 3.33. The minimum absolute atomic E-state index is 0.242. The van der Waals surface area contributed by atoms with Crippen molar-refractivity contribution < 1.29 is 9.32 Å². The van der Waals surface area contributed by atoms with Crippen molar-refractivity contribution in [2.75, 3.05) is 12.0 Å². The highest BCUT2D eigenvalue weighted by Crippen LogP contribution is 2.39. The van der Waals surface area contributed by atoms with Gasteiger partial charge < -0.3 is 5.11 Å². The normalized spacial score (nSPS) is 22.0. The standard InChI is InChI=1S/C24H24N2O2S3/c1-31(28)22-11-5-6-12-24(22,27)16-30-23-19(15-25)18(17-8-3-2-4-9-17)14-20(26-23)21-10-7-13-29-21/h2-4,7-10,13-14,22,27H,5-6,11-12,16H2,1H3/t22-,24-,31+/m0/s1. The van der Waals surface area contributed by atoms with Crippen LogP contribution in [0.15, 0.2) is 58.9 Å². The summed E-state index contributed by atoms with van der Waals surface area (Å²) in [4.78, 5) is 5.86. The van der Waals surface area contributed by atoms with Gasteiger partial charge in [0.2, 0.25) is 0 Å². The molecule has 7 heteroatoms. The van der Waals surface area contributed by atoms with Crippen LogP contribution in [0.4, 0.5) is 0 Å². The topological polar surface area (TPSA) is 74.0 Å². The van der Waals surface area contributed by atoms with Crippen molar-refractivity contribution in [3.05, 3.63) is 59.5 Å². The van der Waals surface area contributed by atoms with Crippen molar-refractivity contribution in [1.29, 1.82) is 5.26 Å². The second-order valence-electron chi connectivity index (χ2n) is 7.82. The number of aromatic nitrogens is 1. The van der Waals surface area contributed by atoms with Crippen LogP contribution in [0.2, 0.25) is 0 Å². The predicted octanol–water partition coefficient (Wildman–Crippen LogP) is 5.49. The summed E-state index contributed by atoms with van der Waals surface area (Å²) in [5.41, 5.74) is 2.13. The Morgan fingerprint density at radius 2 is 2.10 bits per heavy atom. The number of aliphatic hydroxyl groups is 1. The van der Waals surface area contributed by atoms with E-state index in [-0.39, 0.29) is 5.25 Å². The van der Waals surface area contributed by atoms with Crippen molar-refractivity contribution in [2.24, 2.45) is 0 Å². The van der Waals surface area contributed by atoms with Gasteiger partial charge in [0.05, 0.1) is 27.0 Å². The third-order valence-corrected chi connectivity index (χ3v) is 9.32. The monoisotopic (exact) mass is 468 g/mol. The van der Waals surface area contributed by atoms with Gasteiger partial charge in [-0.15, -0.1) is 23.1 Å². The predicted molar refractivity (Wildman–Crippen MR) is 130 cm³/mol. The molecule has 0 radical (unpaired) electrons. The lowest BCUT2D eigenvalue weighted by molar-refractivity contribution is 0.0326. The summed E-state index contributed by atoms with van der Waals surface area (Å²) in [6.45, 7) is 0. The fourth-order valence-corrected chi connectivity index (χ4v) is 7.46. The Bertz CT molecular complexity index is 1110. The Hall–Kier alpha value is -1.98. The first-order valence-electron chi connectivity index (χ1n) is 10.2. The van der Waals surface area contributed by atoms with Crippen LogP contribution in [0.3, 0.4) is 0 Å². The lowest BCUT2D eigenvalue weighted by Gasteiger charge is -2.38. The Morgan fingerprint density at radius 1 is 1.29 bits per heavy atom. The van der Waals surface area contributed by atoms with E-state index in [1.54, 1.807) is 17.6 Å². The lowest BCUT2D eigenvalue weighted by atomic mass is 9.86. The Labute approximate surface area is 193 Å². The van der Waals surface area contributed by atoms with E-state index >= 15 is 0 Å². The fraction of sp³-hybridized carbons (Fsp3) is 0.333. The maximum atomic E-state index is 12.3.